The number of unbranched alkanes of at least 4 members (excludes halogenated alkanes) is 39. The summed E-state index contributed by atoms with van der Waals surface area (Å²) in [4.78, 5) is 38.0. The summed E-state index contributed by atoms with van der Waals surface area (Å²) in [6.45, 7) is 6.67. The predicted molar refractivity (Wildman–Crippen MR) is 270 cm³/mol. The van der Waals surface area contributed by atoms with Crippen LogP contribution in [-0.4, -0.2) is 37.2 Å². The van der Waals surface area contributed by atoms with E-state index in [1.54, 1.807) is 0 Å². The first-order valence-electron chi connectivity index (χ1n) is 28.2. The van der Waals surface area contributed by atoms with Gasteiger partial charge >= 0.3 is 17.9 Å². The van der Waals surface area contributed by atoms with Crippen LogP contribution in [0.4, 0.5) is 0 Å². The fraction of sp³-hybridized carbons (Fsp3) is 0.912. The van der Waals surface area contributed by atoms with Crippen LogP contribution in [0.15, 0.2) is 12.2 Å². The Balaban J connectivity index is 4.17. The fourth-order valence-corrected chi connectivity index (χ4v) is 8.50. The van der Waals surface area contributed by atoms with Crippen molar-refractivity contribution in [1.82, 2.24) is 0 Å². The quantitative estimate of drug-likeness (QED) is 0.0262. The highest BCUT2D eigenvalue weighted by Gasteiger charge is 2.19. The maximum absolute atomic E-state index is 12.8. The first-order chi connectivity index (χ1) is 31.0. The molecule has 0 saturated heterocycles. The number of rotatable bonds is 52. The van der Waals surface area contributed by atoms with Crippen LogP contribution in [0.25, 0.3) is 0 Å². The first-order valence-corrected chi connectivity index (χ1v) is 28.2. The summed E-state index contributed by atoms with van der Waals surface area (Å²) in [6.07, 6.45) is 59.2. The van der Waals surface area contributed by atoms with Gasteiger partial charge in [-0.15, -0.1) is 0 Å². The highest BCUT2D eigenvalue weighted by atomic mass is 16.6. The van der Waals surface area contributed by atoms with Crippen LogP contribution in [0.2, 0.25) is 0 Å². The van der Waals surface area contributed by atoms with E-state index in [0.29, 0.717) is 19.3 Å². The molecule has 372 valence electrons. The van der Waals surface area contributed by atoms with Crippen molar-refractivity contribution >= 4 is 17.9 Å². The summed E-state index contributed by atoms with van der Waals surface area (Å²) in [7, 11) is 0. The molecule has 63 heavy (non-hydrogen) atoms. The van der Waals surface area contributed by atoms with Gasteiger partial charge in [0.15, 0.2) is 6.10 Å². The largest absolute Gasteiger partial charge is 0.462 e. The maximum atomic E-state index is 12.8. The zero-order chi connectivity index (χ0) is 45.8. The van der Waals surface area contributed by atoms with E-state index in [1.807, 2.05) is 0 Å². The summed E-state index contributed by atoms with van der Waals surface area (Å²) in [5.41, 5.74) is 0. The van der Waals surface area contributed by atoms with Crippen molar-refractivity contribution in [3.8, 4) is 0 Å². The van der Waals surface area contributed by atoms with E-state index in [9.17, 15) is 14.4 Å². The Labute approximate surface area is 392 Å². The van der Waals surface area contributed by atoms with Crippen LogP contribution in [0.1, 0.15) is 316 Å². The van der Waals surface area contributed by atoms with E-state index in [4.69, 9.17) is 14.2 Å². The van der Waals surface area contributed by atoms with Gasteiger partial charge in [0.1, 0.15) is 13.2 Å². The van der Waals surface area contributed by atoms with Crippen molar-refractivity contribution in [3.63, 3.8) is 0 Å². The van der Waals surface area contributed by atoms with Crippen molar-refractivity contribution in [3.05, 3.63) is 12.2 Å². The number of carbonyl (C=O) groups excluding carboxylic acids is 3. The molecule has 0 N–H and O–H groups in total. The molecular weight excluding hydrogens is 781 g/mol. The second-order valence-corrected chi connectivity index (χ2v) is 19.2. The van der Waals surface area contributed by atoms with E-state index in [-0.39, 0.29) is 31.1 Å². The molecule has 0 aromatic rings. The SMILES string of the molecule is CCCCCCCCCC/C=C\CCCCCCCCCCCCCC(=O)OCC(COC(=O)CCCCCCCCCCCCC)OC(=O)CCCCCCCCCCCCC. The van der Waals surface area contributed by atoms with Gasteiger partial charge in [-0.2, -0.15) is 0 Å². The minimum Gasteiger partial charge on any atom is -0.462 e. The molecule has 0 spiro atoms. The Kier molecular flexibility index (Phi) is 51.2. The lowest BCUT2D eigenvalue weighted by Crippen LogP contribution is -2.30. The van der Waals surface area contributed by atoms with Crippen molar-refractivity contribution in [1.29, 1.82) is 0 Å². The van der Waals surface area contributed by atoms with Crippen LogP contribution >= 0.6 is 0 Å². The van der Waals surface area contributed by atoms with Gasteiger partial charge in [-0.1, -0.05) is 264 Å². The smallest absolute Gasteiger partial charge is 0.306 e. The molecule has 0 heterocycles. The molecule has 1 atom stereocenters. The van der Waals surface area contributed by atoms with Crippen molar-refractivity contribution < 1.29 is 28.6 Å². The van der Waals surface area contributed by atoms with Crippen LogP contribution in [0.5, 0.6) is 0 Å². The van der Waals surface area contributed by atoms with Gasteiger partial charge in [-0.3, -0.25) is 14.4 Å². The van der Waals surface area contributed by atoms with Crippen LogP contribution in [0, 0.1) is 0 Å². The summed E-state index contributed by atoms with van der Waals surface area (Å²) in [6, 6.07) is 0. The minimum absolute atomic E-state index is 0.0646. The minimum atomic E-state index is -0.762. The lowest BCUT2D eigenvalue weighted by atomic mass is 10.0. The molecular formula is C57H108O6. The molecule has 0 bridgehead atoms. The van der Waals surface area contributed by atoms with E-state index < -0.39 is 6.10 Å². The number of hydrogen-bond acceptors (Lipinski definition) is 6. The topological polar surface area (TPSA) is 78.9 Å². The molecule has 0 radical (unpaired) electrons. The van der Waals surface area contributed by atoms with Gasteiger partial charge in [0.05, 0.1) is 0 Å². The van der Waals surface area contributed by atoms with Gasteiger partial charge in [0.25, 0.3) is 0 Å². The molecule has 0 fully saturated rings. The molecule has 0 aromatic carbocycles. The molecule has 0 amide bonds. The highest BCUT2D eigenvalue weighted by Crippen LogP contribution is 2.17. The predicted octanol–water partition coefficient (Wildman–Crippen LogP) is 18.5. The third kappa shape index (κ3) is 51.0. The second kappa shape index (κ2) is 52.8. The molecule has 6 nitrogen and oxygen atoms in total. The standard InChI is InChI=1S/C57H108O6/c1-4-7-10-13-16-19-22-23-24-25-26-27-28-29-30-31-32-33-36-38-41-44-47-50-56(59)62-53-54(63-57(60)51-48-45-42-39-35-21-18-15-12-9-6-3)52-61-55(58)49-46-43-40-37-34-20-17-14-11-8-5-2/h25-26,54H,4-24,27-53H2,1-3H3/b26-25-. The first kappa shape index (κ1) is 61.1. The monoisotopic (exact) mass is 889 g/mol. The number of esters is 3. The Morgan fingerprint density at radius 2 is 0.524 bits per heavy atom. The van der Waals surface area contributed by atoms with Gasteiger partial charge < -0.3 is 14.2 Å². The van der Waals surface area contributed by atoms with Gasteiger partial charge in [0, 0.05) is 19.3 Å². The lowest BCUT2D eigenvalue weighted by molar-refractivity contribution is -0.167. The second-order valence-electron chi connectivity index (χ2n) is 19.2. The molecule has 0 rings (SSSR count). The van der Waals surface area contributed by atoms with Crippen LogP contribution in [0.3, 0.4) is 0 Å². The van der Waals surface area contributed by atoms with Crippen molar-refractivity contribution in [2.24, 2.45) is 0 Å². The Hall–Kier alpha value is -1.85. The zero-order valence-corrected chi connectivity index (χ0v) is 42.6. The van der Waals surface area contributed by atoms with Gasteiger partial charge in [-0.25, -0.2) is 0 Å². The van der Waals surface area contributed by atoms with E-state index in [0.717, 1.165) is 57.8 Å². The summed E-state index contributed by atoms with van der Waals surface area (Å²) in [5, 5.41) is 0. The molecule has 0 aliphatic rings. The molecule has 0 aliphatic carbocycles. The number of hydrogen-bond donors (Lipinski definition) is 0. The third-order valence-corrected chi connectivity index (χ3v) is 12.8. The van der Waals surface area contributed by atoms with Crippen molar-refractivity contribution in [2.75, 3.05) is 13.2 Å². The average Bonchev–Trinajstić information content (AvgIpc) is 3.28. The zero-order valence-electron chi connectivity index (χ0n) is 42.6. The van der Waals surface area contributed by atoms with E-state index >= 15 is 0 Å². The Morgan fingerprint density at radius 3 is 0.794 bits per heavy atom. The summed E-state index contributed by atoms with van der Waals surface area (Å²) in [5.74, 6) is -0.848. The van der Waals surface area contributed by atoms with Crippen molar-refractivity contribution in [2.45, 2.75) is 322 Å². The van der Waals surface area contributed by atoms with Gasteiger partial charge in [0.2, 0.25) is 0 Å². The number of allylic oxidation sites excluding steroid dienone is 2. The van der Waals surface area contributed by atoms with Crippen LogP contribution in [-0.2, 0) is 28.6 Å². The molecule has 0 aliphatic heterocycles. The summed E-state index contributed by atoms with van der Waals surface area (Å²) >= 11 is 0. The lowest BCUT2D eigenvalue weighted by Gasteiger charge is -2.18. The summed E-state index contributed by atoms with van der Waals surface area (Å²) < 4.78 is 16.8. The molecule has 6 heteroatoms. The fourth-order valence-electron chi connectivity index (χ4n) is 8.50. The normalized spacial score (nSPS) is 12.0. The number of carbonyl (C=O) groups is 3. The van der Waals surface area contributed by atoms with E-state index in [2.05, 4.69) is 32.9 Å². The number of ether oxygens (including phenoxy) is 3. The molecule has 0 saturated carbocycles. The highest BCUT2D eigenvalue weighted by molar-refractivity contribution is 5.71. The average molecular weight is 889 g/mol. The van der Waals surface area contributed by atoms with Crippen LogP contribution < -0.4 is 0 Å². The molecule has 1 unspecified atom stereocenters. The molecule has 0 aromatic heterocycles. The van der Waals surface area contributed by atoms with Gasteiger partial charge in [-0.05, 0) is 44.9 Å². The Bertz CT molecular complexity index is 978. The Morgan fingerprint density at radius 1 is 0.302 bits per heavy atom. The maximum Gasteiger partial charge on any atom is 0.306 e. The van der Waals surface area contributed by atoms with E-state index in [1.165, 1.54) is 218 Å². The third-order valence-electron chi connectivity index (χ3n) is 12.8.